The first kappa shape index (κ1) is 9.61. The van der Waals surface area contributed by atoms with E-state index < -0.39 is 11.6 Å². The zero-order valence-electron chi connectivity index (χ0n) is 6.15. The highest BCUT2D eigenvalue weighted by Gasteiger charge is 2.10. The van der Waals surface area contributed by atoms with Crippen LogP contribution in [0.2, 0.25) is 0 Å². The second-order valence-corrected chi connectivity index (χ2v) is 3.15. The number of rotatable bonds is 2. The van der Waals surface area contributed by atoms with Gasteiger partial charge in [0, 0.05) is 16.6 Å². The summed E-state index contributed by atoms with van der Waals surface area (Å²) in [5.74, 6) is -1.78. The van der Waals surface area contributed by atoms with Crippen LogP contribution in [0.4, 0.5) is 8.78 Å². The summed E-state index contributed by atoms with van der Waals surface area (Å²) in [6, 6.07) is 2.46. The first-order valence-corrected chi connectivity index (χ1v) is 4.19. The third-order valence-electron chi connectivity index (χ3n) is 1.50. The van der Waals surface area contributed by atoms with E-state index in [0.717, 1.165) is 6.07 Å². The third-order valence-corrected chi connectivity index (χ3v) is 2.24. The fraction of sp³-hybridized carbons (Fsp3) is 0.250. The van der Waals surface area contributed by atoms with Gasteiger partial charge < -0.3 is 5.11 Å². The minimum absolute atomic E-state index is 0.115. The summed E-state index contributed by atoms with van der Waals surface area (Å²) in [5, 5.41) is 8.55. The van der Waals surface area contributed by atoms with Crippen molar-refractivity contribution >= 4 is 15.9 Å². The largest absolute Gasteiger partial charge is 0.396 e. The predicted octanol–water partition coefficient (Wildman–Crippen LogP) is 2.26. The molecule has 0 aliphatic carbocycles. The predicted molar refractivity (Wildman–Crippen MR) is 44.8 cm³/mol. The number of hydrogen-bond donors (Lipinski definition) is 1. The molecule has 0 fully saturated rings. The Bertz CT molecular complexity index is 289. The van der Waals surface area contributed by atoms with E-state index in [2.05, 4.69) is 15.9 Å². The lowest BCUT2D eigenvalue weighted by Crippen LogP contribution is -1.98. The van der Waals surface area contributed by atoms with Crippen molar-refractivity contribution < 1.29 is 13.9 Å². The Morgan fingerprint density at radius 1 is 1.33 bits per heavy atom. The van der Waals surface area contributed by atoms with Gasteiger partial charge in [0.15, 0.2) is 11.6 Å². The second kappa shape index (κ2) is 3.96. The van der Waals surface area contributed by atoms with E-state index in [-0.39, 0.29) is 18.6 Å². The van der Waals surface area contributed by atoms with Crippen LogP contribution in [-0.2, 0) is 6.42 Å². The van der Waals surface area contributed by atoms with Crippen LogP contribution in [0.5, 0.6) is 0 Å². The number of hydrogen-bond acceptors (Lipinski definition) is 1. The maximum Gasteiger partial charge on any atom is 0.163 e. The normalized spacial score (nSPS) is 10.3. The molecule has 0 aliphatic heterocycles. The van der Waals surface area contributed by atoms with Gasteiger partial charge in [-0.2, -0.15) is 0 Å². The molecule has 0 unspecified atom stereocenters. The molecule has 0 atom stereocenters. The quantitative estimate of drug-likeness (QED) is 0.782. The number of aliphatic hydroxyl groups is 1. The lowest BCUT2D eigenvalue weighted by atomic mass is 10.1. The number of aliphatic hydroxyl groups excluding tert-OH is 1. The lowest BCUT2D eigenvalue weighted by Gasteiger charge is -2.03. The van der Waals surface area contributed by atoms with E-state index in [9.17, 15) is 8.78 Å². The van der Waals surface area contributed by atoms with Gasteiger partial charge in [-0.3, -0.25) is 0 Å². The Hall–Kier alpha value is -0.480. The van der Waals surface area contributed by atoms with Crippen molar-refractivity contribution in [2.75, 3.05) is 6.61 Å². The molecule has 1 aromatic carbocycles. The first-order valence-electron chi connectivity index (χ1n) is 3.40. The SMILES string of the molecule is OCCc1c(Br)ccc(F)c1F. The molecular formula is C8H7BrF2O. The summed E-state index contributed by atoms with van der Waals surface area (Å²) in [6.45, 7) is -0.195. The minimum atomic E-state index is -0.890. The van der Waals surface area contributed by atoms with Crippen LogP contribution in [0.1, 0.15) is 5.56 Å². The van der Waals surface area contributed by atoms with Crippen molar-refractivity contribution in [3.8, 4) is 0 Å². The van der Waals surface area contributed by atoms with Crippen molar-refractivity contribution in [2.45, 2.75) is 6.42 Å². The number of benzene rings is 1. The van der Waals surface area contributed by atoms with Crippen molar-refractivity contribution in [3.05, 3.63) is 33.8 Å². The Balaban J connectivity index is 3.14. The molecule has 12 heavy (non-hydrogen) atoms. The van der Waals surface area contributed by atoms with Gasteiger partial charge in [-0.25, -0.2) is 8.78 Å². The van der Waals surface area contributed by atoms with Gasteiger partial charge in [0.1, 0.15) is 0 Å². The highest BCUT2D eigenvalue weighted by Crippen LogP contribution is 2.22. The van der Waals surface area contributed by atoms with E-state index in [0.29, 0.717) is 4.47 Å². The van der Waals surface area contributed by atoms with Gasteiger partial charge in [-0.15, -0.1) is 0 Å². The Morgan fingerprint density at radius 3 is 2.58 bits per heavy atom. The molecule has 0 heterocycles. The first-order chi connectivity index (χ1) is 5.66. The summed E-state index contributed by atoms with van der Waals surface area (Å²) in [5.41, 5.74) is 0.178. The minimum Gasteiger partial charge on any atom is -0.396 e. The molecule has 0 saturated carbocycles. The molecule has 0 aromatic heterocycles. The smallest absolute Gasteiger partial charge is 0.163 e. The summed E-state index contributed by atoms with van der Waals surface area (Å²) < 4.78 is 26.0. The van der Waals surface area contributed by atoms with E-state index in [1.54, 1.807) is 0 Å². The molecule has 0 spiro atoms. The topological polar surface area (TPSA) is 20.2 Å². The Labute approximate surface area is 77.2 Å². The Morgan fingerprint density at radius 2 is 2.00 bits per heavy atom. The van der Waals surface area contributed by atoms with Gasteiger partial charge >= 0.3 is 0 Å². The number of halogens is 3. The molecule has 1 aromatic rings. The Kier molecular flexibility index (Phi) is 3.17. The monoisotopic (exact) mass is 236 g/mol. The molecule has 0 amide bonds. The van der Waals surface area contributed by atoms with Gasteiger partial charge in [-0.1, -0.05) is 15.9 Å². The third kappa shape index (κ3) is 1.81. The van der Waals surface area contributed by atoms with Crippen LogP contribution < -0.4 is 0 Å². The van der Waals surface area contributed by atoms with E-state index >= 15 is 0 Å². The van der Waals surface area contributed by atoms with Gasteiger partial charge in [0.25, 0.3) is 0 Å². The molecular weight excluding hydrogens is 230 g/mol. The molecule has 0 radical (unpaired) electrons. The molecule has 1 N–H and O–H groups in total. The molecule has 0 aliphatic rings. The highest BCUT2D eigenvalue weighted by molar-refractivity contribution is 9.10. The summed E-state index contributed by atoms with van der Waals surface area (Å²) >= 11 is 3.06. The zero-order valence-corrected chi connectivity index (χ0v) is 7.74. The van der Waals surface area contributed by atoms with Crippen molar-refractivity contribution in [1.29, 1.82) is 0 Å². The average Bonchev–Trinajstić information content (AvgIpc) is 2.06. The second-order valence-electron chi connectivity index (χ2n) is 2.30. The van der Waals surface area contributed by atoms with Crippen LogP contribution in [0, 0.1) is 11.6 Å². The summed E-state index contributed by atoms with van der Waals surface area (Å²) in [4.78, 5) is 0. The maximum atomic E-state index is 12.9. The van der Waals surface area contributed by atoms with Crippen molar-refractivity contribution in [3.63, 3.8) is 0 Å². The van der Waals surface area contributed by atoms with Crippen LogP contribution in [0.3, 0.4) is 0 Å². The average molecular weight is 237 g/mol. The maximum absolute atomic E-state index is 12.9. The van der Waals surface area contributed by atoms with Crippen LogP contribution in [0.15, 0.2) is 16.6 Å². The van der Waals surface area contributed by atoms with Crippen molar-refractivity contribution in [1.82, 2.24) is 0 Å². The van der Waals surface area contributed by atoms with Gasteiger partial charge in [0.2, 0.25) is 0 Å². The van der Waals surface area contributed by atoms with Gasteiger partial charge in [-0.05, 0) is 18.6 Å². The molecule has 66 valence electrons. The fourth-order valence-electron chi connectivity index (χ4n) is 0.910. The fourth-order valence-corrected chi connectivity index (χ4v) is 1.41. The molecule has 1 nitrogen and oxygen atoms in total. The van der Waals surface area contributed by atoms with Crippen LogP contribution >= 0.6 is 15.9 Å². The standard InChI is InChI=1S/C8H7BrF2O/c9-6-1-2-7(10)8(11)5(6)3-4-12/h1-2,12H,3-4H2. The van der Waals surface area contributed by atoms with Crippen LogP contribution in [-0.4, -0.2) is 11.7 Å². The van der Waals surface area contributed by atoms with Gasteiger partial charge in [0.05, 0.1) is 0 Å². The highest BCUT2D eigenvalue weighted by atomic mass is 79.9. The van der Waals surface area contributed by atoms with Crippen LogP contribution in [0.25, 0.3) is 0 Å². The van der Waals surface area contributed by atoms with E-state index in [4.69, 9.17) is 5.11 Å². The molecule has 1 rings (SSSR count). The van der Waals surface area contributed by atoms with E-state index in [1.807, 2.05) is 0 Å². The summed E-state index contributed by atoms with van der Waals surface area (Å²) in [7, 11) is 0. The lowest BCUT2D eigenvalue weighted by molar-refractivity contribution is 0.296. The van der Waals surface area contributed by atoms with E-state index in [1.165, 1.54) is 6.07 Å². The molecule has 0 saturated heterocycles. The zero-order chi connectivity index (χ0) is 9.14. The molecule has 0 bridgehead atoms. The summed E-state index contributed by atoms with van der Waals surface area (Å²) in [6.07, 6.45) is 0.115. The van der Waals surface area contributed by atoms with Crippen molar-refractivity contribution in [2.24, 2.45) is 0 Å². The molecule has 4 heteroatoms.